The van der Waals surface area contributed by atoms with Crippen LogP contribution < -0.4 is 5.73 Å². The van der Waals surface area contributed by atoms with Crippen molar-refractivity contribution < 1.29 is 12.8 Å². The van der Waals surface area contributed by atoms with E-state index in [-0.39, 0.29) is 17.1 Å². The van der Waals surface area contributed by atoms with E-state index in [0.29, 0.717) is 0 Å². The summed E-state index contributed by atoms with van der Waals surface area (Å²) in [4.78, 5) is -0.0987. The van der Waals surface area contributed by atoms with E-state index in [1.165, 1.54) is 17.4 Å². The normalized spacial score (nSPS) is 11.8. The van der Waals surface area contributed by atoms with Crippen molar-refractivity contribution in [1.29, 1.82) is 0 Å². The number of nitrogens with zero attached hydrogens (tertiary/aromatic N) is 1. The third-order valence-electron chi connectivity index (χ3n) is 3.01. The molecule has 0 aromatic heterocycles. The Hall–Kier alpha value is -1.44. The topological polar surface area (TPSA) is 63.4 Å². The van der Waals surface area contributed by atoms with Gasteiger partial charge in [-0.15, -0.1) is 0 Å². The minimum atomic E-state index is -3.78. The van der Waals surface area contributed by atoms with Gasteiger partial charge in [0.1, 0.15) is 10.7 Å². The zero-order valence-electron chi connectivity index (χ0n) is 11.3. The highest BCUT2D eigenvalue weighted by Gasteiger charge is 2.24. The van der Waals surface area contributed by atoms with Gasteiger partial charge in [0.2, 0.25) is 10.0 Å². The minimum absolute atomic E-state index is 0.0987. The molecule has 0 heterocycles. The number of nitrogens with two attached hydrogens (primary N) is 1. The van der Waals surface area contributed by atoms with Crippen molar-refractivity contribution >= 4 is 31.6 Å². The van der Waals surface area contributed by atoms with E-state index in [4.69, 9.17) is 5.73 Å². The highest BCUT2D eigenvalue weighted by Crippen LogP contribution is 2.25. The molecule has 0 aliphatic rings. The molecule has 0 atom stereocenters. The summed E-state index contributed by atoms with van der Waals surface area (Å²) in [5.74, 6) is -0.570. The number of sulfonamides is 1. The Balaban J connectivity index is 2.33. The number of anilines is 1. The summed E-state index contributed by atoms with van der Waals surface area (Å²) in [6, 6.07) is 10.6. The molecule has 7 heteroatoms. The van der Waals surface area contributed by atoms with Crippen LogP contribution in [0.25, 0.3) is 0 Å². The summed E-state index contributed by atoms with van der Waals surface area (Å²) < 4.78 is 40.0. The Morgan fingerprint density at radius 1 is 1.24 bits per heavy atom. The Morgan fingerprint density at radius 3 is 2.52 bits per heavy atom. The van der Waals surface area contributed by atoms with Crippen LogP contribution in [-0.2, 0) is 16.6 Å². The number of benzene rings is 2. The van der Waals surface area contributed by atoms with Crippen LogP contribution in [0.5, 0.6) is 0 Å². The predicted molar refractivity (Wildman–Crippen MR) is 83.6 cm³/mol. The van der Waals surface area contributed by atoms with Gasteiger partial charge in [-0.05, 0) is 29.8 Å². The SMILES string of the molecule is CN(Cc1ccccc1Br)S(=O)(=O)c1ccc(F)cc1N. The van der Waals surface area contributed by atoms with E-state index in [1.54, 1.807) is 0 Å². The molecule has 0 aliphatic carbocycles. The van der Waals surface area contributed by atoms with Crippen LogP contribution in [-0.4, -0.2) is 19.8 Å². The molecule has 0 aliphatic heterocycles. The van der Waals surface area contributed by atoms with Crippen molar-refractivity contribution in [3.63, 3.8) is 0 Å². The average molecular weight is 373 g/mol. The molecule has 2 N–H and O–H groups in total. The largest absolute Gasteiger partial charge is 0.398 e. The van der Waals surface area contributed by atoms with E-state index in [9.17, 15) is 12.8 Å². The molecule has 4 nitrogen and oxygen atoms in total. The fraction of sp³-hybridized carbons (Fsp3) is 0.143. The molecule has 21 heavy (non-hydrogen) atoms. The molecular formula is C14H14BrFN2O2S. The molecular weight excluding hydrogens is 359 g/mol. The Bertz CT molecular complexity index is 765. The second-order valence-corrected chi connectivity index (χ2v) is 7.40. The Morgan fingerprint density at radius 2 is 1.90 bits per heavy atom. The summed E-state index contributed by atoms with van der Waals surface area (Å²) in [5, 5.41) is 0. The molecule has 0 saturated heterocycles. The summed E-state index contributed by atoms with van der Waals surface area (Å²) in [5.41, 5.74) is 6.33. The summed E-state index contributed by atoms with van der Waals surface area (Å²) in [7, 11) is -2.32. The highest BCUT2D eigenvalue weighted by molar-refractivity contribution is 9.10. The van der Waals surface area contributed by atoms with E-state index < -0.39 is 15.8 Å². The van der Waals surface area contributed by atoms with Gasteiger partial charge < -0.3 is 5.73 Å². The Kier molecular flexibility index (Phi) is 4.65. The smallest absolute Gasteiger partial charge is 0.245 e. The second kappa shape index (κ2) is 6.13. The lowest BCUT2D eigenvalue weighted by atomic mass is 10.2. The van der Waals surface area contributed by atoms with Crippen LogP contribution in [0.2, 0.25) is 0 Å². The van der Waals surface area contributed by atoms with Crippen molar-refractivity contribution in [3.05, 3.63) is 58.3 Å². The fourth-order valence-corrected chi connectivity index (χ4v) is 3.53. The third-order valence-corrected chi connectivity index (χ3v) is 5.66. The molecule has 0 bridgehead atoms. The first-order chi connectivity index (χ1) is 9.82. The standard InChI is InChI=1S/C14H14BrFN2O2S/c1-18(9-10-4-2-3-5-12(10)15)21(19,20)14-7-6-11(16)8-13(14)17/h2-8H,9,17H2,1H3. The first-order valence-corrected chi connectivity index (χ1v) is 8.30. The maximum Gasteiger partial charge on any atom is 0.245 e. The third kappa shape index (κ3) is 3.42. The molecule has 0 amide bonds. The lowest BCUT2D eigenvalue weighted by Crippen LogP contribution is -2.27. The van der Waals surface area contributed by atoms with Gasteiger partial charge in [0.05, 0.1) is 5.69 Å². The van der Waals surface area contributed by atoms with Gasteiger partial charge in [0.15, 0.2) is 0 Å². The zero-order valence-corrected chi connectivity index (χ0v) is 13.7. The van der Waals surface area contributed by atoms with E-state index in [0.717, 1.165) is 22.2 Å². The van der Waals surface area contributed by atoms with Gasteiger partial charge >= 0.3 is 0 Å². The lowest BCUT2D eigenvalue weighted by Gasteiger charge is -2.19. The quantitative estimate of drug-likeness (QED) is 0.839. The molecule has 2 aromatic rings. The van der Waals surface area contributed by atoms with E-state index in [2.05, 4.69) is 15.9 Å². The van der Waals surface area contributed by atoms with Crippen LogP contribution in [0.15, 0.2) is 51.8 Å². The molecule has 2 aromatic carbocycles. The fourth-order valence-electron chi connectivity index (χ4n) is 1.87. The van der Waals surface area contributed by atoms with Crippen molar-refractivity contribution in [2.45, 2.75) is 11.4 Å². The lowest BCUT2D eigenvalue weighted by molar-refractivity contribution is 0.466. The van der Waals surface area contributed by atoms with Crippen molar-refractivity contribution in [2.24, 2.45) is 0 Å². The second-order valence-electron chi connectivity index (χ2n) is 4.53. The number of hydrogen-bond acceptors (Lipinski definition) is 3. The molecule has 0 unspecified atom stereocenters. The van der Waals surface area contributed by atoms with Gasteiger partial charge in [0, 0.05) is 18.1 Å². The number of rotatable bonds is 4. The minimum Gasteiger partial charge on any atom is -0.398 e. The maximum atomic E-state index is 13.0. The highest BCUT2D eigenvalue weighted by atomic mass is 79.9. The molecule has 0 fully saturated rings. The summed E-state index contributed by atoms with van der Waals surface area (Å²) in [6.07, 6.45) is 0. The van der Waals surface area contributed by atoms with Crippen LogP contribution in [0.3, 0.4) is 0 Å². The molecule has 2 rings (SSSR count). The predicted octanol–water partition coefficient (Wildman–Crippen LogP) is 2.99. The van der Waals surface area contributed by atoms with Gasteiger partial charge in [-0.2, -0.15) is 4.31 Å². The molecule has 0 saturated carbocycles. The van der Waals surface area contributed by atoms with Gasteiger partial charge in [-0.3, -0.25) is 0 Å². The van der Waals surface area contributed by atoms with Crippen molar-refractivity contribution in [2.75, 3.05) is 12.8 Å². The number of nitrogen functional groups attached to an aromatic ring is 1. The van der Waals surface area contributed by atoms with E-state index in [1.807, 2.05) is 24.3 Å². The monoisotopic (exact) mass is 372 g/mol. The van der Waals surface area contributed by atoms with Crippen molar-refractivity contribution in [3.8, 4) is 0 Å². The maximum absolute atomic E-state index is 13.0. The average Bonchev–Trinajstić information content (AvgIpc) is 2.40. The summed E-state index contributed by atoms with van der Waals surface area (Å²) in [6.45, 7) is 0.181. The molecule has 0 spiro atoms. The molecule has 0 radical (unpaired) electrons. The van der Waals surface area contributed by atoms with E-state index >= 15 is 0 Å². The van der Waals surface area contributed by atoms with Crippen molar-refractivity contribution in [1.82, 2.24) is 4.31 Å². The van der Waals surface area contributed by atoms with Crippen LogP contribution in [0, 0.1) is 5.82 Å². The van der Waals surface area contributed by atoms with Crippen LogP contribution >= 0.6 is 15.9 Å². The first-order valence-electron chi connectivity index (χ1n) is 6.07. The van der Waals surface area contributed by atoms with Crippen LogP contribution in [0.4, 0.5) is 10.1 Å². The van der Waals surface area contributed by atoms with Gasteiger partial charge in [0.25, 0.3) is 0 Å². The van der Waals surface area contributed by atoms with Crippen LogP contribution in [0.1, 0.15) is 5.56 Å². The Labute approximate surface area is 131 Å². The van der Waals surface area contributed by atoms with Gasteiger partial charge in [-0.25, -0.2) is 12.8 Å². The summed E-state index contributed by atoms with van der Waals surface area (Å²) >= 11 is 3.38. The first kappa shape index (κ1) is 15.9. The molecule has 112 valence electrons. The number of halogens is 2. The zero-order chi connectivity index (χ0) is 15.6. The van der Waals surface area contributed by atoms with Gasteiger partial charge in [-0.1, -0.05) is 34.1 Å². The number of hydrogen-bond donors (Lipinski definition) is 1.